The summed E-state index contributed by atoms with van der Waals surface area (Å²) in [6.45, 7) is 0. The van der Waals surface area contributed by atoms with E-state index in [1.54, 1.807) is 36.4 Å². The Labute approximate surface area is 204 Å². The Balaban J connectivity index is 1.55. The monoisotopic (exact) mass is 486 g/mol. The second-order valence-corrected chi connectivity index (χ2v) is 7.66. The number of rotatable bonds is 5. The molecule has 0 saturated carbocycles. The van der Waals surface area contributed by atoms with Crippen LogP contribution in [0, 0.1) is 11.3 Å². The average Bonchev–Trinajstić information content (AvgIpc) is 2.86. The molecule has 0 unspecified atom stereocenters. The number of carbonyl (C=O) groups is 2. The number of para-hydroxylation sites is 1. The van der Waals surface area contributed by atoms with E-state index in [1.807, 2.05) is 24.3 Å². The molecule has 8 heteroatoms. The zero-order valence-corrected chi connectivity index (χ0v) is 18.5. The highest BCUT2D eigenvalue weighted by atomic mass is 19.4. The summed E-state index contributed by atoms with van der Waals surface area (Å²) in [5, 5.41) is 13.2. The van der Waals surface area contributed by atoms with Crippen molar-refractivity contribution in [3.63, 3.8) is 0 Å². The highest BCUT2D eigenvalue weighted by Gasteiger charge is 2.33. The fraction of sp³-hybridized carbons (Fsp3) is 0.0357. The molecule has 4 aromatic rings. The molecular weight excluding hydrogens is 469 g/mol. The van der Waals surface area contributed by atoms with Crippen molar-refractivity contribution in [1.29, 1.82) is 5.26 Å². The number of halogens is 3. The van der Waals surface area contributed by atoms with E-state index in [4.69, 9.17) is 4.74 Å². The van der Waals surface area contributed by atoms with Crippen LogP contribution in [0.2, 0.25) is 0 Å². The third kappa shape index (κ3) is 5.42. The van der Waals surface area contributed by atoms with Crippen LogP contribution in [-0.4, -0.2) is 11.9 Å². The molecule has 4 aromatic carbocycles. The number of benzene rings is 4. The molecule has 0 heterocycles. The van der Waals surface area contributed by atoms with E-state index in [0.717, 1.165) is 22.9 Å². The Kier molecular flexibility index (Phi) is 6.84. The first kappa shape index (κ1) is 24.2. The molecule has 5 nitrogen and oxygen atoms in total. The molecule has 0 bridgehead atoms. The van der Waals surface area contributed by atoms with Crippen molar-refractivity contribution in [2.45, 2.75) is 6.18 Å². The normalized spacial score (nSPS) is 11.6. The molecule has 0 aliphatic rings. The lowest BCUT2D eigenvalue weighted by atomic mass is 10.0. The number of nitrogens with one attached hydrogen (secondary N) is 1. The number of amides is 1. The number of nitriles is 1. The quantitative estimate of drug-likeness (QED) is 0.149. The fourth-order valence-corrected chi connectivity index (χ4v) is 3.58. The lowest BCUT2D eigenvalue weighted by molar-refractivity contribution is -0.137. The number of ether oxygens (including phenoxy) is 1. The molecule has 0 aliphatic heterocycles. The molecule has 178 valence electrons. The Bertz CT molecular complexity index is 1530. The highest BCUT2D eigenvalue weighted by molar-refractivity contribution is 6.10. The Morgan fingerprint density at radius 1 is 0.889 bits per heavy atom. The third-order valence-corrected chi connectivity index (χ3v) is 5.23. The topological polar surface area (TPSA) is 79.2 Å². The number of nitrogens with zero attached hydrogens (tertiary/aromatic N) is 1. The zero-order valence-electron chi connectivity index (χ0n) is 18.5. The number of carbonyl (C=O) groups excluding carboxylic acids is 2. The molecule has 0 radical (unpaired) electrons. The summed E-state index contributed by atoms with van der Waals surface area (Å²) < 4.78 is 45.1. The number of anilines is 1. The molecule has 36 heavy (non-hydrogen) atoms. The number of hydrogen-bond donors (Lipinski definition) is 1. The SMILES string of the molecule is N#C/C(=C\c1cccc(OC(=O)c2cccc3ccccc23)c1)C(=O)Nc1ccccc1C(F)(F)F. The maximum Gasteiger partial charge on any atom is 0.418 e. The van der Waals surface area contributed by atoms with Gasteiger partial charge in [-0.25, -0.2) is 4.79 Å². The molecule has 0 spiro atoms. The lowest BCUT2D eigenvalue weighted by Crippen LogP contribution is -2.17. The molecule has 0 fully saturated rings. The van der Waals surface area contributed by atoms with Crippen LogP contribution < -0.4 is 10.1 Å². The third-order valence-electron chi connectivity index (χ3n) is 5.23. The predicted octanol–water partition coefficient (Wildman–Crippen LogP) is 6.62. The van der Waals surface area contributed by atoms with Gasteiger partial charge in [0, 0.05) is 0 Å². The first-order chi connectivity index (χ1) is 17.3. The molecular formula is C28H17F3N2O3. The Hall–Kier alpha value is -4.90. The molecule has 0 saturated heterocycles. The van der Waals surface area contributed by atoms with Crippen LogP contribution in [-0.2, 0) is 11.0 Å². The van der Waals surface area contributed by atoms with Gasteiger partial charge in [0.05, 0.1) is 16.8 Å². The summed E-state index contributed by atoms with van der Waals surface area (Å²) in [4.78, 5) is 25.3. The number of esters is 1. The van der Waals surface area contributed by atoms with Gasteiger partial charge in [0.2, 0.25) is 0 Å². The van der Waals surface area contributed by atoms with Crippen LogP contribution in [0.15, 0.2) is 96.6 Å². The van der Waals surface area contributed by atoms with Gasteiger partial charge < -0.3 is 10.1 Å². The summed E-state index contributed by atoms with van der Waals surface area (Å²) in [6.07, 6.45) is -3.48. The number of fused-ring (bicyclic) bond motifs is 1. The van der Waals surface area contributed by atoms with Crippen molar-refractivity contribution in [2.75, 3.05) is 5.32 Å². The van der Waals surface area contributed by atoms with Crippen molar-refractivity contribution in [3.05, 3.63) is 113 Å². The minimum absolute atomic E-state index is 0.168. The van der Waals surface area contributed by atoms with Gasteiger partial charge in [-0.1, -0.05) is 60.7 Å². The second kappa shape index (κ2) is 10.2. The zero-order chi connectivity index (χ0) is 25.7. The Morgan fingerprint density at radius 3 is 2.36 bits per heavy atom. The summed E-state index contributed by atoms with van der Waals surface area (Å²) in [7, 11) is 0. The average molecular weight is 486 g/mol. The van der Waals surface area contributed by atoms with Gasteiger partial charge in [0.1, 0.15) is 17.4 Å². The van der Waals surface area contributed by atoms with Gasteiger partial charge in [-0.15, -0.1) is 0 Å². The molecule has 0 aromatic heterocycles. The van der Waals surface area contributed by atoms with E-state index in [1.165, 1.54) is 30.3 Å². The largest absolute Gasteiger partial charge is 0.423 e. The maximum absolute atomic E-state index is 13.2. The van der Waals surface area contributed by atoms with E-state index in [-0.39, 0.29) is 5.75 Å². The van der Waals surface area contributed by atoms with E-state index in [2.05, 4.69) is 5.32 Å². The first-order valence-corrected chi connectivity index (χ1v) is 10.7. The predicted molar refractivity (Wildman–Crippen MR) is 129 cm³/mol. The highest BCUT2D eigenvalue weighted by Crippen LogP contribution is 2.34. The summed E-state index contributed by atoms with van der Waals surface area (Å²) in [5.41, 5.74) is -1.21. The van der Waals surface area contributed by atoms with Crippen LogP contribution in [0.3, 0.4) is 0 Å². The summed E-state index contributed by atoms with van der Waals surface area (Å²) in [6, 6.07) is 24.9. The summed E-state index contributed by atoms with van der Waals surface area (Å²) in [5.74, 6) is -1.43. The lowest BCUT2D eigenvalue weighted by Gasteiger charge is -2.13. The Morgan fingerprint density at radius 2 is 1.58 bits per heavy atom. The van der Waals surface area contributed by atoms with Crippen LogP contribution in [0.5, 0.6) is 5.75 Å². The maximum atomic E-state index is 13.2. The minimum atomic E-state index is -4.68. The van der Waals surface area contributed by atoms with Crippen molar-refractivity contribution in [2.24, 2.45) is 0 Å². The van der Waals surface area contributed by atoms with E-state index < -0.39 is 34.9 Å². The van der Waals surface area contributed by atoms with E-state index in [0.29, 0.717) is 11.1 Å². The van der Waals surface area contributed by atoms with Gasteiger partial charge in [-0.2, -0.15) is 18.4 Å². The van der Waals surface area contributed by atoms with Crippen LogP contribution in [0.4, 0.5) is 18.9 Å². The van der Waals surface area contributed by atoms with Crippen molar-refractivity contribution >= 4 is 34.4 Å². The fourth-order valence-electron chi connectivity index (χ4n) is 3.58. The minimum Gasteiger partial charge on any atom is -0.423 e. The molecule has 1 amide bonds. The van der Waals surface area contributed by atoms with Gasteiger partial charge in [-0.05, 0) is 52.7 Å². The smallest absolute Gasteiger partial charge is 0.418 e. The molecule has 0 atom stereocenters. The van der Waals surface area contributed by atoms with Gasteiger partial charge >= 0.3 is 12.1 Å². The van der Waals surface area contributed by atoms with Crippen molar-refractivity contribution in [1.82, 2.24) is 0 Å². The van der Waals surface area contributed by atoms with Crippen LogP contribution >= 0.6 is 0 Å². The van der Waals surface area contributed by atoms with Gasteiger partial charge in [0.15, 0.2) is 0 Å². The first-order valence-electron chi connectivity index (χ1n) is 10.7. The van der Waals surface area contributed by atoms with Crippen molar-refractivity contribution < 1.29 is 27.5 Å². The summed E-state index contributed by atoms with van der Waals surface area (Å²) >= 11 is 0. The standard InChI is InChI=1S/C28H17F3N2O3/c29-28(30,31)24-13-3-4-14-25(24)33-26(34)20(17-32)15-18-7-5-10-21(16-18)36-27(35)23-12-6-9-19-8-1-2-11-22(19)23/h1-16H,(H,33,34)/b20-15+. The van der Waals surface area contributed by atoms with Crippen LogP contribution in [0.1, 0.15) is 21.5 Å². The van der Waals surface area contributed by atoms with Crippen LogP contribution in [0.25, 0.3) is 16.8 Å². The van der Waals surface area contributed by atoms with E-state index >= 15 is 0 Å². The van der Waals surface area contributed by atoms with Crippen molar-refractivity contribution in [3.8, 4) is 11.8 Å². The number of alkyl halides is 3. The molecule has 4 rings (SSSR count). The second-order valence-electron chi connectivity index (χ2n) is 7.66. The molecule has 0 aliphatic carbocycles. The van der Waals surface area contributed by atoms with Gasteiger partial charge in [-0.3, -0.25) is 4.79 Å². The molecule has 1 N–H and O–H groups in total. The van der Waals surface area contributed by atoms with E-state index in [9.17, 15) is 28.0 Å². The number of hydrogen-bond acceptors (Lipinski definition) is 4. The van der Waals surface area contributed by atoms with Gasteiger partial charge in [0.25, 0.3) is 5.91 Å².